The minimum Gasteiger partial charge on any atom is -0.488 e. The van der Waals surface area contributed by atoms with Crippen molar-refractivity contribution in [3.05, 3.63) is 121 Å². The standard InChI is InChI=1S/C32H24Br2N4O3/c1-37(2)25-13-9-21(29(17-25)40-19-20-7-10-23(33)11-8-20)18-35-38-31(36-27-6-4-3-5-26(27)32(38)39)30-16-22-15-24(34)12-14-28(22)41-30/h3-18H,19H2,1-2H3. The Kier molecular flexibility index (Phi) is 7.47. The summed E-state index contributed by atoms with van der Waals surface area (Å²) in [6.07, 6.45) is 1.62. The number of hydrogen-bond acceptors (Lipinski definition) is 6. The van der Waals surface area contributed by atoms with Crippen molar-refractivity contribution in [1.82, 2.24) is 9.66 Å². The van der Waals surface area contributed by atoms with Crippen LogP contribution in [-0.2, 0) is 6.61 Å². The molecule has 0 spiro atoms. The van der Waals surface area contributed by atoms with Crippen LogP contribution in [0.15, 0.2) is 114 Å². The number of para-hydroxylation sites is 1. The van der Waals surface area contributed by atoms with Crippen LogP contribution in [0.5, 0.6) is 5.75 Å². The predicted octanol–water partition coefficient (Wildman–Crippen LogP) is 7.86. The molecule has 41 heavy (non-hydrogen) atoms. The SMILES string of the molecule is CN(C)c1ccc(C=Nn2c(-c3cc4cc(Br)ccc4o3)nc3ccccc3c2=O)c(OCc2ccc(Br)cc2)c1. The van der Waals surface area contributed by atoms with Crippen LogP contribution in [0.1, 0.15) is 11.1 Å². The van der Waals surface area contributed by atoms with E-state index >= 15 is 0 Å². The van der Waals surface area contributed by atoms with Gasteiger partial charge in [-0.15, -0.1) is 0 Å². The van der Waals surface area contributed by atoms with E-state index in [4.69, 9.17) is 14.1 Å². The summed E-state index contributed by atoms with van der Waals surface area (Å²) in [6.45, 7) is 0.377. The first-order chi connectivity index (χ1) is 19.9. The van der Waals surface area contributed by atoms with Crippen LogP contribution in [0.2, 0.25) is 0 Å². The molecule has 0 saturated heterocycles. The van der Waals surface area contributed by atoms with Crippen molar-refractivity contribution in [2.75, 3.05) is 19.0 Å². The van der Waals surface area contributed by atoms with Crippen LogP contribution >= 0.6 is 31.9 Å². The van der Waals surface area contributed by atoms with Gasteiger partial charge in [-0.2, -0.15) is 9.78 Å². The summed E-state index contributed by atoms with van der Waals surface area (Å²) in [7, 11) is 3.94. The number of nitrogens with zero attached hydrogens (tertiary/aromatic N) is 4. The Morgan fingerprint density at radius 3 is 2.54 bits per heavy atom. The number of hydrogen-bond donors (Lipinski definition) is 0. The van der Waals surface area contributed by atoms with E-state index < -0.39 is 0 Å². The van der Waals surface area contributed by atoms with Crippen LogP contribution in [0.4, 0.5) is 5.69 Å². The summed E-state index contributed by atoms with van der Waals surface area (Å²) < 4.78 is 15.6. The lowest BCUT2D eigenvalue weighted by Gasteiger charge is -2.16. The molecule has 6 rings (SSSR count). The summed E-state index contributed by atoms with van der Waals surface area (Å²) >= 11 is 6.98. The highest BCUT2D eigenvalue weighted by Gasteiger charge is 2.17. The Morgan fingerprint density at radius 2 is 1.73 bits per heavy atom. The lowest BCUT2D eigenvalue weighted by atomic mass is 10.2. The molecule has 0 fully saturated rings. The molecule has 0 radical (unpaired) electrons. The zero-order valence-corrected chi connectivity index (χ0v) is 25.4. The zero-order chi connectivity index (χ0) is 28.5. The van der Waals surface area contributed by atoms with Crippen LogP contribution in [0, 0.1) is 0 Å². The zero-order valence-electron chi connectivity index (χ0n) is 22.2. The molecule has 7 nitrogen and oxygen atoms in total. The number of ether oxygens (including phenoxy) is 1. The third-order valence-corrected chi connectivity index (χ3v) is 7.61. The van der Waals surface area contributed by atoms with Crippen molar-refractivity contribution in [2.24, 2.45) is 5.10 Å². The topological polar surface area (TPSA) is 72.9 Å². The highest BCUT2D eigenvalue weighted by Crippen LogP contribution is 2.30. The molecule has 204 valence electrons. The molecule has 2 aromatic heterocycles. The highest BCUT2D eigenvalue weighted by molar-refractivity contribution is 9.10. The van der Waals surface area contributed by atoms with Gasteiger partial charge in [0.1, 0.15) is 17.9 Å². The van der Waals surface area contributed by atoms with Crippen LogP contribution in [0.3, 0.4) is 0 Å². The normalized spacial score (nSPS) is 11.5. The van der Waals surface area contributed by atoms with Gasteiger partial charge in [-0.3, -0.25) is 4.79 Å². The van der Waals surface area contributed by atoms with E-state index in [1.807, 2.05) is 104 Å². The second kappa shape index (κ2) is 11.3. The first-order valence-electron chi connectivity index (χ1n) is 12.8. The predicted molar refractivity (Wildman–Crippen MR) is 171 cm³/mol. The van der Waals surface area contributed by atoms with Gasteiger partial charge in [0.2, 0.25) is 5.82 Å². The fourth-order valence-electron chi connectivity index (χ4n) is 4.41. The molecule has 0 aliphatic rings. The number of benzene rings is 4. The van der Waals surface area contributed by atoms with Gasteiger partial charge in [0, 0.05) is 45.7 Å². The average Bonchev–Trinajstić information content (AvgIpc) is 3.39. The molecule has 0 bridgehead atoms. The van der Waals surface area contributed by atoms with E-state index in [0.29, 0.717) is 46.0 Å². The Bertz CT molecular complexity index is 1980. The first kappa shape index (κ1) is 27.0. The van der Waals surface area contributed by atoms with Crippen molar-refractivity contribution in [3.8, 4) is 17.3 Å². The maximum atomic E-state index is 13.7. The smallest absolute Gasteiger partial charge is 0.282 e. The summed E-state index contributed by atoms with van der Waals surface area (Å²) in [4.78, 5) is 20.5. The minimum atomic E-state index is -0.300. The third kappa shape index (κ3) is 5.68. The second-order valence-electron chi connectivity index (χ2n) is 9.64. The quantitative estimate of drug-likeness (QED) is 0.162. The fraction of sp³-hybridized carbons (Fsp3) is 0.0938. The lowest BCUT2D eigenvalue weighted by Crippen LogP contribution is -2.20. The minimum absolute atomic E-state index is 0.300. The van der Waals surface area contributed by atoms with Crippen molar-refractivity contribution in [1.29, 1.82) is 0 Å². The van der Waals surface area contributed by atoms with E-state index in [-0.39, 0.29) is 5.56 Å². The van der Waals surface area contributed by atoms with Gasteiger partial charge >= 0.3 is 0 Å². The second-order valence-corrected chi connectivity index (χ2v) is 11.5. The van der Waals surface area contributed by atoms with Crippen molar-refractivity contribution >= 4 is 65.6 Å². The van der Waals surface area contributed by atoms with Gasteiger partial charge < -0.3 is 14.1 Å². The third-order valence-electron chi connectivity index (χ3n) is 6.59. The van der Waals surface area contributed by atoms with Gasteiger partial charge in [0.15, 0.2) is 5.76 Å². The molecule has 0 unspecified atom stereocenters. The largest absolute Gasteiger partial charge is 0.488 e. The Balaban J connectivity index is 1.44. The summed E-state index contributed by atoms with van der Waals surface area (Å²) in [5, 5.41) is 5.98. The first-order valence-corrected chi connectivity index (χ1v) is 14.4. The lowest BCUT2D eigenvalue weighted by molar-refractivity contribution is 0.306. The van der Waals surface area contributed by atoms with Gasteiger partial charge in [-0.1, -0.05) is 56.1 Å². The molecule has 0 aliphatic heterocycles. The Labute approximate surface area is 253 Å². The van der Waals surface area contributed by atoms with Gasteiger partial charge in [0.05, 0.1) is 17.1 Å². The molecule has 9 heteroatoms. The number of furan rings is 1. The number of rotatable bonds is 7. The molecule has 0 atom stereocenters. The monoisotopic (exact) mass is 670 g/mol. The van der Waals surface area contributed by atoms with E-state index in [9.17, 15) is 4.79 Å². The van der Waals surface area contributed by atoms with E-state index in [2.05, 4.69) is 37.0 Å². The number of fused-ring (bicyclic) bond motifs is 2. The van der Waals surface area contributed by atoms with Crippen LogP contribution < -0.4 is 15.2 Å². The number of anilines is 1. The fourth-order valence-corrected chi connectivity index (χ4v) is 5.05. The van der Waals surface area contributed by atoms with E-state index in [0.717, 1.165) is 25.6 Å². The summed E-state index contributed by atoms with van der Waals surface area (Å²) in [5.74, 6) is 1.38. The molecule has 2 heterocycles. The Hall–Kier alpha value is -4.21. The van der Waals surface area contributed by atoms with Crippen molar-refractivity contribution in [2.45, 2.75) is 6.61 Å². The van der Waals surface area contributed by atoms with Crippen LogP contribution in [0.25, 0.3) is 33.5 Å². The van der Waals surface area contributed by atoms with E-state index in [1.54, 1.807) is 12.3 Å². The summed E-state index contributed by atoms with van der Waals surface area (Å²) in [6, 6.07) is 28.6. The maximum Gasteiger partial charge on any atom is 0.282 e. The average molecular weight is 672 g/mol. The molecule has 0 N–H and O–H groups in total. The molecule has 0 saturated carbocycles. The van der Waals surface area contributed by atoms with Crippen molar-refractivity contribution < 1.29 is 9.15 Å². The number of aromatic nitrogens is 2. The highest BCUT2D eigenvalue weighted by atomic mass is 79.9. The van der Waals surface area contributed by atoms with Gasteiger partial charge in [-0.05, 0) is 66.2 Å². The summed E-state index contributed by atoms with van der Waals surface area (Å²) in [5.41, 5.74) is 3.67. The number of halogens is 2. The molecule has 0 aliphatic carbocycles. The molecular formula is C32H24Br2N4O3. The van der Waals surface area contributed by atoms with Gasteiger partial charge in [-0.25, -0.2) is 4.98 Å². The molecule has 4 aromatic carbocycles. The molecule has 6 aromatic rings. The van der Waals surface area contributed by atoms with Crippen LogP contribution in [-0.4, -0.2) is 30.0 Å². The van der Waals surface area contributed by atoms with Crippen molar-refractivity contribution in [3.63, 3.8) is 0 Å². The van der Waals surface area contributed by atoms with Gasteiger partial charge in [0.25, 0.3) is 5.56 Å². The molecule has 0 amide bonds. The molecular weight excluding hydrogens is 648 g/mol. The Morgan fingerprint density at radius 1 is 0.951 bits per heavy atom. The van der Waals surface area contributed by atoms with E-state index in [1.165, 1.54) is 4.68 Å². The maximum absolute atomic E-state index is 13.7.